The monoisotopic (exact) mass is 169 g/mol. The van der Waals surface area contributed by atoms with Gasteiger partial charge in [-0.05, 0) is 43.7 Å². The molecule has 1 N–H and O–H groups in total. The van der Waals surface area contributed by atoms with Gasteiger partial charge in [0.2, 0.25) is 0 Å². The van der Waals surface area contributed by atoms with Crippen LogP contribution in [0.4, 0.5) is 0 Å². The topological polar surface area (TPSA) is 12.0 Å². The molecular weight excluding hydrogens is 146 g/mol. The van der Waals surface area contributed by atoms with Gasteiger partial charge in [-0.15, -0.1) is 0 Å². The molecular formula is C11H23N. The van der Waals surface area contributed by atoms with Crippen LogP contribution in [0.25, 0.3) is 0 Å². The summed E-state index contributed by atoms with van der Waals surface area (Å²) in [6.45, 7) is 9.38. The number of nitrogens with one attached hydrogen (secondary N) is 1. The van der Waals surface area contributed by atoms with Crippen LogP contribution in [0.15, 0.2) is 0 Å². The highest BCUT2D eigenvalue weighted by molar-refractivity contribution is 4.79. The van der Waals surface area contributed by atoms with Crippen LogP contribution in [0.5, 0.6) is 0 Å². The van der Waals surface area contributed by atoms with E-state index < -0.39 is 0 Å². The molecule has 12 heavy (non-hydrogen) atoms. The highest BCUT2D eigenvalue weighted by Gasteiger charge is 2.27. The van der Waals surface area contributed by atoms with Gasteiger partial charge in [0.05, 0.1) is 0 Å². The molecule has 0 aliphatic heterocycles. The molecule has 1 fully saturated rings. The van der Waals surface area contributed by atoms with E-state index in [1.807, 2.05) is 0 Å². The van der Waals surface area contributed by atoms with Gasteiger partial charge in [-0.2, -0.15) is 0 Å². The lowest BCUT2D eigenvalue weighted by Crippen LogP contribution is -2.26. The Hall–Kier alpha value is -0.0400. The fourth-order valence-electron chi connectivity index (χ4n) is 1.53. The quantitative estimate of drug-likeness (QED) is 0.644. The van der Waals surface area contributed by atoms with Gasteiger partial charge in [0.25, 0.3) is 0 Å². The largest absolute Gasteiger partial charge is 0.316 e. The van der Waals surface area contributed by atoms with E-state index in [-0.39, 0.29) is 0 Å². The number of hydrogen-bond acceptors (Lipinski definition) is 1. The molecule has 0 aromatic rings. The van der Waals surface area contributed by atoms with Crippen molar-refractivity contribution >= 4 is 0 Å². The summed E-state index contributed by atoms with van der Waals surface area (Å²) < 4.78 is 0. The Morgan fingerprint density at radius 3 is 2.42 bits per heavy atom. The van der Waals surface area contributed by atoms with Crippen LogP contribution >= 0.6 is 0 Å². The van der Waals surface area contributed by atoms with Crippen LogP contribution in [-0.4, -0.2) is 13.1 Å². The van der Waals surface area contributed by atoms with Gasteiger partial charge in [0, 0.05) is 0 Å². The third-order valence-corrected chi connectivity index (χ3v) is 3.08. The average molecular weight is 169 g/mol. The van der Waals surface area contributed by atoms with Crippen LogP contribution in [0.3, 0.4) is 0 Å². The van der Waals surface area contributed by atoms with Gasteiger partial charge in [-0.1, -0.05) is 27.2 Å². The molecule has 1 heteroatoms. The first-order valence-electron chi connectivity index (χ1n) is 5.44. The highest BCUT2D eigenvalue weighted by atomic mass is 14.9. The minimum Gasteiger partial charge on any atom is -0.316 e. The maximum absolute atomic E-state index is 3.56. The van der Waals surface area contributed by atoms with Crippen LogP contribution in [0.1, 0.15) is 40.0 Å². The van der Waals surface area contributed by atoms with Crippen LogP contribution in [0.2, 0.25) is 0 Å². The van der Waals surface area contributed by atoms with Crippen molar-refractivity contribution in [2.45, 2.75) is 40.0 Å². The van der Waals surface area contributed by atoms with E-state index in [9.17, 15) is 0 Å². The number of rotatable bonds is 6. The molecule has 0 spiro atoms. The summed E-state index contributed by atoms with van der Waals surface area (Å²) in [6.07, 6.45) is 4.25. The lowest BCUT2D eigenvalue weighted by atomic mass is 10.1. The van der Waals surface area contributed by atoms with Crippen LogP contribution in [0, 0.1) is 17.8 Å². The molecule has 0 aromatic carbocycles. The Balaban J connectivity index is 1.93. The molecule has 0 saturated heterocycles. The minimum atomic E-state index is 0.844. The fourth-order valence-corrected chi connectivity index (χ4v) is 1.53. The summed E-state index contributed by atoms with van der Waals surface area (Å²) in [5.74, 6) is 2.81. The van der Waals surface area contributed by atoms with E-state index in [0.29, 0.717) is 0 Å². The molecule has 0 amide bonds. The molecule has 1 rings (SSSR count). The molecule has 0 heterocycles. The molecule has 0 bridgehead atoms. The summed E-state index contributed by atoms with van der Waals surface area (Å²) in [5.41, 5.74) is 0. The van der Waals surface area contributed by atoms with Crippen molar-refractivity contribution in [3.8, 4) is 0 Å². The summed E-state index contributed by atoms with van der Waals surface area (Å²) in [7, 11) is 0. The molecule has 0 aromatic heterocycles. The Labute approximate surface area is 76.9 Å². The fraction of sp³-hybridized carbons (Fsp3) is 1.00. The highest BCUT2D eigenvalue weighted by Crippen LogP contribution is 2.35. The number of hydrogen-bond donors (Lipinski definition) is 1. The molecule has 72 valence electrons. The molecule has 1 saturated carbocycles. The van der Waals surface area contributed by atoms with Gasteiger partial charge in [0.1, 0.15) is 0 Å². The van der Waals surface area contributed by atoms with Gasteiger partial charge < -0.3 is 5.32 Å². The molecule has 2 atom stereocenters. The van der Waals surface area contributed by atoms with Gasteiger partial charge in [-0.3, -0.25) is 0 Å². The van der Waals surface area contributed by atoms with Gasteiger partial charge >= 0.3 is 0 Å². The Morgan fingerprint density at radius 1 is 1.25 bits per heavy atom. The molecule has 1 nitrogen and oxygen atoms in total. The van der Waals surface area contributed by atoms with Crippen molar-refractivity contribution in [2.24, 2.45) is 17.8 Å². The van der Waals surface area contributed by atoms with Crippen molar-refractivity contribution in [2.75, 3.05) is 13.1 Å². The first-order chi connectivity index (χ1) is 5.74. The zero-order chi connectivity index (χ0) is 8.97. The van der Waals surface area contributed by atoms with Crippen molar-refractivity contribution in [1.29, 1.82) is 0 Å². The molecule has 1 aliphatic carbocycles. The second kappa shape index (κ2) is 4.86. The molecule has 0 radical (unpaired) electrons. The van der Waals surface area contributed by atoms with Crippen molar-refractivity contribution in [3.05, 3.63) is 0 Å². The lowest BCUT2D eigenvalue weighted by Gasteiger charge is -2.14. The summed E-state index contributed by atoms with van der Waals surface area (Å²) in [4.78, 5) is 0. The standard InChI is InChI=1S/C11H23N/c1-4-9(2)7-12-8-10(3)11-5-6-11/h9-12H,4-8H2,1-3H3. The summed E-state index contributed by atoms with van der Waals surface area (Å²) >= 11 is 0. The zero-order valence-corrected chi connectivity index (χ0v) is 8.77. The second-order valence-electron chi connectivity index (χ2n) is 4.49. The Kier molecular flexibility index (Phi) is 4.07. The van der Waals surface area contributed by atoms with Gasteiger partial charge in [0.15, 0.2) is 0 Å². The smallest absolute Gasteiger partial charge is 0.00204 e. The van der Waals surface area contributed by atoms with Crippen LogP contribution < -0.4 is 5.32 Å². The van der Waals surface area contributed by atoms with Crippen molar-refractivity contribution in [3.63, 3.8) is 0 Å². The Morgan fingerprint density at radius 2 is 1.92 bits per heavy atom. The lowest BCUT2D eigenvalue weighted by molar-refractivity contribution is 0.424. The minimum absolute atomic E-state index is 0.844. The third-order valence-electron chi connectivity index (χ3n) is 3.08. The van der Waals surface area contributed by atoms with Crippen LogP contribution in [-0.2, 0) is 0 Å². The first kappa shape index (κ1) is 10.0. The molecule has 1 aliphatic rings. The predicted octanol–water partition coefficient (Wildman–Crippen LogP) is 2.67. The maximum Gasteiger partial charge on any atom is -0.00204 e. The molecule has 2 unspecified atom stereocenters. The van der Waals surface area contributed by atoms with E-state index in [1.54, 1.807) is 0 Å². The van der Waals surface area contributed by atoms with Crippen molar-refractivity contribution < 1.29 is 0 Å². The van der Waals surface area contributed by atoms with E-state index in [2.05, 4.69) is 26.1 Å². The van der Waals surface area contributed by atoms with E-state index in [0.717, 1.165) is 17.8 Å². The average Bonchev–Trinajstić information content (AvgIpc) is 2.86. The van der Waals surface area contributed by atoms with Gasteiger partial charge in [-0.25, -0.2) is 0 Å². The second-order valence-corrected chi connectivity index (χ2v) is 4.49. The third kappa shape index (κ3) is 3.57. The van der Waals surface area contributed by atoms with Crippen molar-refractivity contribution in [1.82, 2.24) is 5.32 Å². The predicted molar refractivity (Wildman–Crippen MR) is 54.2 cm³/mol. The SMILES string of the molecule is CCC(C)CNCC(C)C1CC1. The van der Waals surface area contributed by atoms with E-state index in [4.69, 9.17) is 0 Å². The first-order valence-corrected chi connectivity index (χ1v) is 5.44. The maximum atomic E-state index is 3.56. The summed E-state index contributed by atoms with van der Waals surface area (Å²) in [6, 6.07) is 0. The Bertz CT molecular complexity index is 118. The van der Waals surface area contributed by atoms with E-state index in [1.165, 1.54) is 32.4 Å². The normalized spacial score (nSPS) is 22.2. The zero-order valence-electron chi connectivity index (χ0n) is 8.77. The van der Waals surface area contributed by atoms with E-state index >= 15 is 0 Å². The summed E-state index contributed by atoms with van der Waals surface area (Å²) in [5, 5.41) is 3.56.